The normalized spacial score (nSPS) is 12.2. The fourth-order valence-corrected chi connectivity index (χ4v) is 3.01. The minimum Gasteiger partial charge on any atom is -0.493 e. The molecule has 0 fully saturated rings. The van der Waals surface area contributed by atoms with Gasteiger partial charge in [-0.1, -0.05) is 12.1 Å². The van der Waals surface area contributed by atoms with Crippen LogP contribution in [0, 0.1) is 10.1 Å². The molecule has 0 aliphatic carbocycles. The lowest BCUT2D eigenvalue weighted by atomic mass is 10.1. The summed E-state index contributed by atoms with van der Waals surface area (Å²) in [7, 11) is 4.59. The van der Waals surface area contributed by atoms with Gasteiger partial charge in [-0.25, -0.2) is 0 Å². The molecule has 9 heteroatoms. The van der Waals surface area contributed by atoms with E-state index < -0.39 is 10.8 Å². The smallest absolute Gasteiger partial charge is 0.286 e. The fourth-order valence-electron chi connectivity index (χ4n) is 3.01. The van der Waals surface area contributed by atoms with Crippen LogP contribution in [0.25, 0.3) is 0 Å². The van der Waals surface area contributed by atoms with E-state index in [-0.39, 0.29) is 23.5 Å². The zero-order chi connectivity index (χ0) is 20.3. The van der Waals surface area contributed by atoms with Crippen molar-refractivity contribution in [1.29, 1.82) is 0 Å². The van der Waals surface area contributed by atoms with Crippen LogP contribution in [-0.4, -0.2) is 50.2 Å². The van der Waals surface area contributed by atoms with Crippen molar-refractivity contribution >= 4 is 11.6 Å². The van der Waals surface area contributed by atoms with Gasteiger partial charge in [0.05, 0.1) is 25.2 Å². The van der Waals surface area contributed by atoms with E-state index in [1.807, 2.05) is 0 Å². The third-order valence-corrected chi connectivity index (χ3v) is 4.33. The van der Waals surface area contributed by atoms with E-state index in [0.29, 0.717) is 36.0 Å². The number of hydrogen-bond donors (Lipinski definition) is 0. The first kappa shape index (κ1) is 19.3. The Morgan fingerprint density at radius 2 is 1.86 bits per heavy atom. The number of para-hydroxylation sites is 1. The van der Waals surface area contributed by atoms with Crippen LogP contribution in [0.4, 0.5) is 5.69 Å². The second-order valence-electron chi connectivity index (χ2n) is 6.08. The molecule has 0 unspecified atom stereocenters. The van der Waals surface area contributed by atoms with Gasteiger partial charge in [0.2, 0.25) is 0 Å². The number of nitrogens with zero attached hydrogens (tertiary/aromatic N) is 2. The number of nitro groups is 1. The SMILES string of the molecule is COc1cccc(CN(C)C(=O)c2cc3c(cc2[N+](=O)[O-])OCCO3)c1OC. The van der Waals surface area contributed by atoms with Crippen molar-refractivity contribution in [3.05, 3.63) is 51.6 Å². The summed E-state index contributed by atoms with van der Waals surface area (Å²) < 4.78 is 21.5. The predicted molar refractivity (Wildman–Crippen MR) is 99.4 cm³/mol. The van der Waals surface area contributed by atoms with Gasteiger partial charge < -0.3 is 23.8 Å². The zero-order valence-corrected chi connectivity index (χ0v) is 15.8. The quantitative estimate of drug-likeness (QED) is 0.554. The van der Waals surface area contributed by atoms with Gasteiger partial charge in [-0.2, -0.15) is 0 Å². The molecule has 0 saturated heterocycles. The molecule has 1 aliphatic heterocycles. The maximum absolute atomic E-state index is 13.0. The summed E-state index contributed by atoms with van der Waals surface area (Å²) in [5.41, 5.74) is 0.301. The number of rotatable bonds is 6. The van der Waals surface area contributed by atoms with E-state index in [9.17, 15) is 14.9 Å². The number of fused-ring (bicyclic) bond motifs is 1. The third kappa shape index (κ3) is 3.64. The highest BCUT2D eigenvalue weighted by molar-refractivity contribution is 5.99. The van der Waals surface area contributed by atoms with Crippen molar-refractivity contribution in [2.45, 2.75) is 6.54 Å². The van der Waals surface area contributed by atoms with Crippen molar-refractivity contribution < 1.29 is 28.7 Å². The van der Waals surface area contributed by atoms with Crippen molar-refractivity contribution in [1.82, 2.24) is 4.90 Å². The van der Waals surface area contributed by atoms with E-state index in [0.717, 1.165) is 0 Å². The molecule has 9 nitrogen and oxygen atoms in total. The first-order valence-electron chi connectivity index (χ1n) is 8.49. The second kappa shape index (κ2) is 8.03. The highest BCUT2D eigenvalue weighted by Gasteiger charge is 2.28. The Hall–Kier alpha value is -3.49. The third-order valence-electron chi connectivity index (χ3n) is 4.33. The summed E-state index contributed by atoms with van der Waals surface area (Å²) in [5.74, 6) is 1.08. The second-order valence-corrected chi connectivity index (χ2v) is 6.08. The van der Waals surface area contributed by atoms with E-state index in [1.165, 1.54) is 31.3 Å². The Balaban J connectivity index is 1.93. The number of amides is 1. The topological polar surface area (TPSA) is 100 Å². The van der Waals surface area contributed by atoms with E-state index in [2.05, 4.69) is 0 Å². The van der Waals surface area contributed by atoms with E-state index in [1.54, 1.807) is 25.2 Å². The Morgan fingerprint density at radius 1 is 1.18 bits per heavy atom. The number of carbonyl (C=O) groups excluding carboxylic acids is 1. The molecule has 148 valence electrons. The van der Waals surface area contributed by atoms with Gasteiger partial charge >= 0.3 is 0 Å². The molecule has 1 amide bonds. The molecule has 0 atom stereocenters. The highest BCUT2D eigenvalue weighted by atomic mass is 16.6. The van der Waals surface area contributed by atoms with Gasteiger partial charge in [-0.05, 0) is 6.07 Å². The molecule has 0 radical (unpaired) electrons. The summed E-state index contributed by atoms with van der Waals surface area (Å²) >= 11 is 0. The van der Waals surface area contributed by atoms with Crippen LogP contribution in [0.1, 0.15) is 15.9 Å². The average Bonchev–Trinajstić information content (AvgIpc) is 2.71. The Bertz CT molecular complexity index is 913. The number of methoxy groups -OCH3 is 2. The molecule has 1 heterocycles. The van der Waals surface area contributed by atoms with Crippen molar-refractivity contribution in [2.75, 3.05) is 34.5 Å². The van der Waals surface area contributed by atoms with Crippen LogP contribution >= 0.6 is 0 Å². The summed E-state index contributed by atoms with van der Waals surface area (Å²) in [6.45, 7) is 0.785. The van der Waals surface area contributed by atoms with Gasteiger partial charge in [0, 0.05) is 25.2 Å². The van der Waals surface area contributed by atoms with Crippen LogP contribution in [-0.2, 0) is 6.54 Å². The number of ether oxygens (including phenoxy) is 4. The molecule has 2 aromatic carbocycles. The van der Waals surface area contributed by atoms with Crippen LogP contribution in [0.15, 0.2) is 30.3 Å². The van der Waals surface area contributed by atoms with Crippen LogP contribution in [0.5, 0.6) is 23.0 Å². The molecule has 28 heavy (non-hydrogen) atoms. The van der Waals surface area contributed by atoms with Gasteiger partial charge in [0.25, 0.3) is 11.6 Å². The molecular formula is C19H20N2O7. The molecule has 0 bridgehead atoms. The summed E-state index contributed by atoms with van der Waals surface area (Å²) in [6.07, 6.45) is 0. The largest absolute Gasteiger partial charge is 0.493 e. The Morgan fingerprint density at radius 3 is 2.46 bits per heavy atom. The highest BCUT2D eigenvalue weighted by Crippen LogP contribution is 2.37. The zero-order valence-electron chi connectivity index (χ0n) is 15.8. The van der Waals surface area contributed by atoms with E-state index in [4.69, 9.17) is 18.9 Å². The number of carbonyl (C=O) groups is 1. The first-order chi connectivity index (χ1) is 13.5. The predicted octanol–water partition coefficient (Wildman–Crippen LogP) is 2.66. The molecule has 1 aliphatic rings. The molecule has 2 aromatic rings. The monoisotopic (exact) mass is 388 g/mol. The maximum atomic E-state index is 13.0. The molecule has 0 saturated carbocycles. The van der Waals surface area contributed by atoms with Crippen LogP contribution < -0.4 is 18.9 Å². The summed E-state index contributed by atoms with van der Waals surface area (Å²) in [6, 6.07) is 7.90. The average molecular weight is 388 g/mol. The molecular weight excluding hydrogens is 368 g/mol. The fraction of sp³-hybridized carbons (Fsp3) is 0.316. The summed E-state index contributed by atoms with van der Waals surface area (Å²) in [5, 5.41) is 11.5. The van der Waals surface area contributed by atoms with Gasteiger partial charge in [-0.3, -0.25) is 14.9 Å². The van der Waals surface area contributed by atoms with Gasteiger partial charge in [0.1, 0.15) is 18.8 Å². The lowest BCUT2D eigenvalue weighted by Crippen LogP contribution is -2.27. The minimum absolute atomic E-state index is 0.0707. The molecule has 0 spiro atoms. The van der Waals surface area contributed by atoms with Crippen LogP contribution in [0.2, 0.25) is 0 Å². The lowest BCUT2D eigenvalue weighted by Gasteiger charge is -2.22. The van der Waals surface area contributed by atoms with Gasteiger partial charge in [0.15, 0.2) is 23.0 Å². The van der Waals surface area contributed by atoms with E-state index >= 15 is 0 Å². The van der Waals surface area contributed by atoms with Gasteiger partial charge in [-0.15, -0.1) is 0 Å². The molecule has 3 rings (SSSR count). The summed E-state index contributed by atoms with van der Waals surface area (Å²) in [4.78, 5) is 25.2. The maximum Gasteiger partial charge on any atom is 0.286 e. The molecule has 0 N–H and O–H groups in total. The number of benzene rings is 2. The molecule has 0 aromatic heterocycles. The van der Waals surface area contributed by atoms with Crippen LogP contribution in [0.3, 0.4) is 0 Å². The Kier molecular flexibility index (Phi) is 5.53. The lowest BCUT2D eigenvalue weighted by molar-refractivity contribution is -0.385. The standard InChI is InChI=1S/C19H20N2O7/c1-20(11-12-5-4-6-15(25-2)18(12)26-3)19(22)13-9-16-17(28-8-7-27-16)10-14(13)21(23)24/h4-6,9-10H,7-8,11H2,1-3H3. The van der Waals surface area contributed by atoms with Crippen molar-refractivity contribution in [3.63, 3.8) is 0 Å². The number of nitro benzene ring substituents is 1. The van der Waals surface area contributed by atoms with Crippen molar-refractivity contribution in [3.8, 4) is 23.0 Å². The Labute approximate surface area is 161 Å². The van der Waals surface area contributed by atoms with Crippen molar-refractivity contribution in [2.24, 2.45) is 0 Å². The minimum atomic E-state index is -0.606. The first-order valence-corrected chi connectivity index (χ1v) is 8.49. The number of hydrogen-bond acceptors (Lipinski definition) is 7.